The zero-order valence-electron chi connectivity index (χ0n) is 9.85. The second kappa shape index (κ2) is 6.98. The number of hydrogen-bond acceptors (Lipinski definition) is 4. The Morgan fingerprint density at radius 3 is 1.10 bits per heavy atom. The van der Waals surface area contributed by atoms with Gasteiger partial charge in [-0.25, -0.2) is 0 Å². The lowest BCUT2D eigenvalue weighted by molar-refractivity contribution is 1.46. The standard InChI is InChI=1S/C14H4Cl2N4/c15-13(11(5-17)6-18)9-1-2-10(4-3-9)14(16)12(7-19)8-20/h1-4H. The zero-order chi connectivity index (χ0) is 15.1. The van der Waals surface area contributed by atoms with Crippen LogP contribution in [0.25, 0.3) is 10.1 Å². The van der Waals surface area contributed by atoms with Crippen molar-refractivity contribution in [3.05, 3.63) is 46.5 Å². The van der Waals surface area contributed by atoms with Gasteiger partial charge < -0.3 is 0 Å². The third-order valence-electron chi connectivity index (χ3n) is 2.28. The molecule has 0 atom stereocenters. The Kier molecular flexibility index (Phi) is 5.34. The van der Waals surface area contributed by atoms with E-state index in [1.165, 1.54) is 0 Å². The second-order valence-electron chi connectivity index (χ2n) is 3.40. The van der Waals surface area contributed by atoms with Crippen LogP contribution in [-0.2, 0) is 0 Å². The molecule has 20 heavy (non-hydrogen) atoms. The molecule has 4 nitrogen and oxygen atoms in total. The first kappa shape index (κ1) is 15.3. The summed E-state index contributed by atoms with van der Waals surface area (Å²) in [6.07, 6.45) is 0. The SMILES string of the molecule is N#CC(C#N)=C(Cl)c1ccc(C(Cl)=C(C#N)C#N)cc1. The summed E-state index contributed by atoms with van der Waals surface area (Å²) >= 11 is 11.8. The maximum Gasteiger partial charge on any atom is 0.148 e. The van der Waals surface area contributed by atoms with Gasteiger partial charge in [-0.05, 0) is 11.1 Å². The fourth-order valence-electron chi connectivity index (χ4n) is 1.30. The van der Waals surface area contributed by atoms with E-state index in [1.54, 1.807) is 48.5 Å². The molecule has 0 aliphatic carbocycles. The van der Waals surface area contributed by atoms with Gasteiger partial charge in [-0.3, -0.25) is 0 Å². The Bertz CT molecular complexity index is 661. The van der Waals surface area contributed by atoms with E-state index in [9.17, 15) is 0 Å². The molecule has 0 spiro atoms. The lowest BCUT2D eigenvalue weighted by atomic mass is 10.1. The van der Waals surface area contributed by atoms with Crippen molar-refractivity contribution in [2.75, 3.05) is 0 Å². The number of nitrogens with zero attached hydrogens (tertiary/aromatic N) is 4. The second-order valence-corrected chi connectivity index (χ2v) is 4.16. The van der Waals surface area contributed by atoms with Crippen LogP contribution in [-0.4, -0.2) is 0 Å². The minimum atomic E-state index is -0.198. The van der Waals surface area contributed by atoms with Gasteiger partial charge in [0.1, 0.15) is 35.4 Å². The van der Waals surface area contributed by atoms with Gasteiger partial charge in [0.2, 0.25) is 0 Å². The van der Waals surface area contributed by atoms with Crippen molar-refractivity contribution in [2.45, 2.75) is 0 Å². The molecule has 1 aromatic rings. The average molecular weight is 299 g/mol. The lowest BCUT2D eigenvalue weighted by Crippen LogP contribution is -1.86. The highest BCUT2D eigenvalue weighted by molar-refractivity contribution is 6.50. The molecule has 0 aliphatic rings. The van der Waals surface area contributed by atoms with Crippen LogP contribution in [0.1, 0.15) is 11.1 Å². The Balaban J connectivity index is 3.30. The van der Waals surface area contributed by atoms with Gasteiger partial charge in [-0.15, -0.1) is 0 Å². The highest BCUT2D eigenvalue weighted by atomic mass is 35.5. The van der Waals surface area contributed by atoms with Gasteiger partial charge in [0.15, 0.2) is 0 Å². The van der Waals surface area contributed by atoms with E-state index >= 15 is 0 Å². The molecule has 0 fully saturated rings. The molecule has 0 aromatic heterocycles. The number of hydrogen-bond donors (Lipinski definition) is 0. The van der Waals surface area contributed by atoms with Gasteiger partial charge in [-0.2, -0.15) is 21.0 Å². The maximum absolute atomic E-state index is 8.72. The van der Waals surface area contributed by atoms with Crippen LogP contribution in [0.4, 0.5) is 0 Å². The molecule has 94 valence electrons. The van der Waals surface area contributed by atoms with Crippen molar-refractivity contribution in [3.63, 3.8) is 0 Å². The summed E-state index contributed by atoms with van der Waals surface area (Å²) in [4.78, 5) is 0. The summed E-state index contributed by atoms with van der Waals surface area (Å²) in [5.41, 5.74) is 0.536. The molecular formula is C14H4Cl2N4. The van der Waals surface area contributed by atoms with Gasteiger partial charge in [0.25, 0.3) is 0 Å². The monoisotopic (exact) mass is 298 g/mol. The molecule has 0 radical (unpaired) electrons. The van der Waals surface area contributed by atoms with Crippen LogP contribution in [0.2, 0.25) is 0 Å². The molecule has 0 unspecified atom stereocenters. The molecule has 0 aliphatic heterocycles. The summed E-state index contributed by atoms with van der Waals surface area (Å²) in [6, 6.07) is 12.9. The van der Waals surface area contributed by atoms with Crippen molar-refractivity contribution < 1.29 is 0 Å². The normalized spacial score (nSPS) is 8.30. The van der Waals surface area contributed by atoms with Crippen LogP contribution in [0.3, 0.4) is 0 Å². The molecular weight excluding hydrogens is 295 g/mol. The van der Waals surface area contributed by atoms with E-state index < -0.39 is 0 Å². The van der Waals surface area contributed by atoms with Crippen LogP contribution in [0, 0.1) is 45.3 Å². The Labute approximate surface area is 125 Å². The molecule has 1 aromatic carbocycles. The zero-order valence-corrected chi connectivity index (χ0v) is 11.4. The maximum atomic E-state index is 8.72. The number of rotatable bonds is 2. The number of nitriles is 4. The van der Waals surface area contributed by atoms with Crippen molar-refractivity contribution in [3.8, 4) is 24.3 Å². The minimum Gasteiger partial charge on any atom is -0.192 e. The average Bonchev–Trinajstić information content (AvgIpc) is 2.49. The van der Waals surface area contributed by atoms with E-state index in [-0.39, 0.29) is 21.2 Å². The van der Waals surface area contributed by atoms with E-state index in [0.29, 0.717) is 11.1 Å². The van der Waals surface area contributed by atoms with Gasteiger partial charge in [0, 0.05) is 0 Å². The molecule has 0 amide bonds. The first-order chi connectivity index (χ1) is 9.58. The molecule has 0 saturated carbocycles. The molecule has 6 heteroatoms. The first-order valence-corrected chi connectivity index (χ1v) is 5.85. The highest BCUT2D eigenvalue weighted by Gasteiger charge is 2.09. The van der Waals surface area contributed by atoms with Crippen molar-refractivity contribution in [1.29, 1.82) is 21.0 Å². The van der Waals surface area contributed by atoms with Gasteiger partial charge in [0.05, 0.1) is 10.1 Å². The predicted octanol–water partition coefficient (Wildman–Crippen LogP) is 3.68. The summed E-state index contributed by atoms with van der Waals surface area (Å²) in [5.74, 6) is 0. The predicted molar refractivity (Wildman–Crippen MR) is 74.4 cm³/mol. The van der Waals surface area contributed by atoms with E-state index in [0.717, 1.165) is 0 Å². The number of halogens is 2. The fraction of sp³-hybridized carbons (Fsp3) is 0. The van der Waals surface area contributed by atoms with Crippen LogP contribution < -0.4 is 0 Å². The minimum absolute atomic E-state index is 0.0300. The van der Waals surface area contributed by atoms with Crippen LogP contribution in [0.5, 0.6) is 0 Å². The quantitative estimate of drug-likeness (QED) is 0.778. The highest BCUT2D eigenvalue weighted by Crippen LogP contribution is 2.27. The Morgan fingerprint density at radius 1 is 0.650 bits per heavy atom. The lowest BCUT2D eigenvalue weighted by Gasteiger charge is -2.02. The van der Waals surface area contributed by atoms with E-state index in [2.05, 4.69) is 0 Å². The summed E-state index contributed by atoms with van der Waals surface area (Å²) < 4.78 is 0. The fourth-order valence-corrected chi connectivity index (χ4v) is 1.72. The Hall–Kier alpha value is -2.76. The summed E-state index contributed by atoms with van der Waals surface area (Å²) in [6.45, 7) is 0. The van der Waals surface area contributed by atoms with E-state index in [1.807, 2.05) is 0 Å². The van der Waals surface area contributed by atoms with Crippen molar-refractivity contribution >= 4 is 33.3 Å². The first-order valence-electron chi connectivity index (χ1n) is 5.09. The third-order valence-corrected chi connectivity index (χ3v) is 3.09. The van der Waals surface area contributed by atoms with Gasteiger partial charge >= 0.3 is 0 Å². The van der Waals surface area contributed by atoms with Crippen molar-refractivity contribution in [2.24, 2.45) is 0 Å². The van der Waals surface area contributed by atoms with E-state index in [4.69, 9.17) is 44.2 Å². The number of allylic oxidation sites excluding steroid dienone is 2. The van der Waals surface area contributed by atoms with Gasteiger partial charge in [-0.1, -0.05) is 47.5 Å². The molecule has 0 saturated heterocycles. The molecule has 0 N–H and O–H groups in total. The molecule has 1 rings (SSSR count). The third kappa shape index (κ3) is 3.17. The molecule has 0 bridgehead atoms. The largest absolute Gasteiger partial charge is 0.192 e. The van der Waals surface area contributed by atoms with Crippen LogP contribution >= 0.6 is 23.2 Å². The van der Waals surface area contributed by atoms with Crippen LogP contribution in [0.15, 0.2) is 35.4 Å². The molecule has 0 heterocycles. The Morgan fingerprint density at radius 2 is 0.900 bits per heavy atom. The smallest absolute Gasteiger partial charge is 0.148 e. The summed E-state index contributed by atoms with van der Waals surface area (Å²) in [7, 11) is 0. The topological polar surface area (TPSA) is 95.2 Å². The summed E-state index contributed by atoms with van der Waals surface area (Å²) in [5, 5.41) is 34.9. The number of benzene rings is 1. The van der Waals surface area contributed by atoms with Crippen molar-refractivity contribution in [1.82, 2.24) is 0 Å².